The Morgan fingerprint density at radius 1 is 1.44 bits per heavy atom. The third-order valence-electron chi connectivity index (χ3n) is 1.83. The van der Waals surface area contributed by atoms with Crippen molar-refractivity contribution in [3.8, 4) is 6.07 Å². The second kappa shape index (κ2) is 4.51. The molecule has 1 aromatic carbocycles. The first-order valence-electron chi connectivity index (χ1n) is 4.46. The number of nitriles is 1. The Morgan fingerprint density at radius 3 is 2.88 bits per heavy atom. The Labute approximate surface area is 101 Å². The molecular formula is C10H8N4S2. The summed E-state index contributed by atoms with van der Waals surface area (Å²) < 4.78 is 0.832. The van der Waals surface area contributed by atoms with Crippen LogP contribution in [0.4, 0.5) is 5.69 Å². The molecule has 4 nitrogen and oxygen atoms in total. The molecule has 0 spiro atoms. The van der Waals surface area contributed by atoms with Gasteiger partial charge in [0.1, 0.15) is 11.1 Å². The number of nitrogens with two attached hydrogens (primary N) is 1. The summed E-state index contributed by atoms with van der Waals surface area (Å²) in [5.74, 6) is 0. The van der Waals surface area contributed by atoms with E-state index >= 15 is 0 Å². The van der Waals surface area contributed by atoms with E-state index in [4.69, 9.17) is 11.0 Å². The topological polar surface area (TPSA) is 75.6 Å². The van der Waals surface area contributed by atoms with Crippen LogP contribution < -0.4 is 5.73 Å². The van der Waals surface area contributed by atoms with Gasteiger partial charge in [0.2, 0.25) is 0 Å². The molecule has 0 aliphatic rings. The summed E-state index contributed by atoms with van der Waals surface area (Å²) >= 11 is 2.94. The van der Waals surface area contributed by atoms with Crippen molar-refractivity contribution in [3.63, 3.8) is 0 Å². The van der Waals surface area contributed by atoms with Gasteiger partial charge in [0.05, 0.1) is 5.56 Å². The zero-order chi connectivity index (χ0) is 11.5. The fraction of sp³-hybridized carbons (Fsp3) is 0.100. The van der Waals surface area contributed by atoms with Crippen molar-refractivity contribution in [2.24, 2.45) is 0 Å². The van der Waals surface area contributed by atoms with E-state index in [0.29, 0.717) is 11.3 Å². The summed E-state index contributed by atoms with van der Waals surface area (Å²) in [5, 5.41) is 17.8. The van der Waals surface area contributed by atoms with Gasteiger partial charge in [-0.1, -0.05) is 23.1 Å². The van der Waals surface area contributed by atoms with Crippen LogP contribution in [-0.2, 0) is 0 Å². The van der Waals surface area contributed by atoms with Crippen LogP contribution in [0.25, 0.3) is 0 Å². The molecule has 0 aliphatic carbocycles. The Kier molecular flexibility index (Phi) is 3.08. The van der Waals surface area contributed by atoms with Crippen LogP contribution in [0, 0.1) is 18.3 Å². The normalized spacial score (nSPS) is 10.0. The number of nitrogens with zero attached hydrogens (tertiary/aromatic N) is 3. The minimum atomic E-state index is 0.567. The lowest BCUT2D eigenvalue weighted by Gasteiger charge is -2.01. The van der Waals surface area contributed by atoms with E-state index in [1.165, 1.54) is 23.1 Å². The van der Waals surface area contributed by atoms with Gasteiger partial charge in [0.25, 0.3) is 0 Å². The van der Waals surface area contributed by atoms with Crippen LogP contribution in [-0.4, -0.2) is 10.2 Å². The highest BCUT2D eigenvalue weighted by molar-refractivity contribution is 8.01. The quantitative estimate of drug-likeness (QED) is 0.826. The number of hydrogen-bond donors (Lipinski definition) is 1. The zero-order valence-electron chi connectivity index (χ0n) is 8.47. The molecule has 0 fully saturated rings. The number of nitrogen functional groups attached to an aromatic ring is 1. The number of aromatic nitrogens is 2. The van der Waals surface area contributed by atoms with Crippen molar-refractivity contribution in [1.82, 2.24) is 10.2 Å². The van der Waals surface area contributed by atoms with Crippen LogP contribution in [0.2, 0.25) is 0 Å². The van der Waals surface area contributed by atoms with Crippen molar-refractivity contribution >= 4 is 28.8 Å². The monoisotopic (exact) mass is 248 g/mol. The molecule has 1 heterocycles. The smallest absolute Gasteiger partial charge is 0.179 e. The standard InChI is InChI=1S/C10H8N4S2/c1-6-13-14-10(15-6)16-9-3-2-8(12)4-7(9)5-11/h2-4H,12H2,1H3. The largest absolute Gasteiger partial charge is 0.399 e. The molecule has 0 aliphatic heterocycles. The molecule has 2 N–H and O–H groups in total. The highest BCUT2D eigenvalue weighted by Crippen LogP contribution is 2.32. The SMILES string of the molecule is Cc1nnc(Sc2ccc(N)cc2C#N)s1. The Morgan fingerprint density at radius 2 is 2.25 bits per heavy atom. The summed E-state index contributed by atoms with van der Waals surface area (Å²) in [7, 11) is 0. The molecule has 1 aromatic heterocycles. The van der Waals surface area contributed by atoms with Gasteiger partial charge in [0, 0.05) is 10.6 Å². The van der Waals surface area contributed by atoms with E-state index in [9.17, 15) is 0 Å². The fourth-order valence-electron chi connectivity index (χ4n) is 1.14. The molecular weight excluding hydrogens is 240 g/mol. The minimum absolute atomic E-state index is 0.567. The molecule has 0 unspecified atom stereocenters. The van der Waals surface area contributed by atoms with Crippen LogP contribution in [0.3, 0.4) is 0 Å². The van der Waals surface area contributed by atoms with E-state index in [2.05, 4.69) is 16.3 Å². The van der Waals surface area contributed by atoms with E-state index in [0.717, 1.165) is 14.2 Å². The third kappa shape index (κ3) is 2.32. The van der Waals surface area contributed by atoms with Gasteiger partial charge < -0.3 is 5.73 Å². The van der Waals surface area contributed by atoms with Gasteiger partial charge >= 0.3 is 0 Å². The second-order valence-corrected chi connectivity index (χ2v) is 5.53. The number of benzene rings is 1. The maximum absolute atomic E-state index is 8.97. The molecule has 0 saturated heterocycles. The number of hydrogen-bond acceptors (Lipinski definition) is 6. The third-order valence-corrected chi connectivity index (χ3v) is 3.79. The Balaban J connectivity index is 2.31. The molecule has 0 atom stereocenters. The van der Waals surface area contributed by atoms with Crippen LogP contribution in [0.5, 0.6) is 0 Å². The Hall–Kier alpha value is -1.58. The first-order valence-corrected chi connectivity index (χ1v) is 6.10. The van der Waals surface area contributed by atoms with E-state index < -0.39 is 0 Å². The van der Waals surface area contributed by atoms with Gasteiger partial charge in [-0.15, -0.1) is 10.2 Å². The Bertz CT molecular complexity index is 556. The molecule has 0 bridgehead atoms. The summed E-state index contributed by atoms with van der Waals surface area (Å²) in [5.41, 5.74) is 6.77. The lowest BCUT2D eigenvalue weighted by Crippen LogP contribution is -1.87. The van der Waals surface area contributed by atoms with Crippen LogP contribution >= 0.6 is 23.1 Å². The second-order valence-electron chi connectivity index (χ2n) is 3.06. The number of rotatable bonds is 2. The van der Waals surface area contributed by atoms with Crippen LogP contribution in [0.15, 0.2) is 27.4 Å². The maximum Gasteiger partial charge on any atom is 0.179 e. The predicted octanol–water partition coefficient (Wildman–Crippen LogP) is 2.45. The average molecular weight is 248 g/mol. The molecule has 6 heteroatoms. The fourth-order valence-corrected chi connectivity index (χ4v) is 2.97. The van der Waals surface area contributed by atoms with Crippen molar-refractivity contribution in [3.05, 3.63) is 28.8 Å². The zero-order valence-corrected chi connectivity index (χ0v) is 10.1. The van der Waals surface area contributed by atoms with Gasteiger partial charge in [-0.05, 0) is 25.1 Å². The average Bonchev–Trinajstić information content (AvgIpc) is 2.67. The lowest BCUT2D eigenvalue weighted by molar-refractivity contribution is 0.983. The van der Waals surface area contributed by atoms with Crippen LogP contribution in [0.1, 0.15) is 10.6 Å². The molecule has 0 radical (unpaired) electrons. The summed E-state index contributed by atoms with van der Waals surface area (Å²) in [4.78, 5) is 0.854. The van der Waals surface area contributed by atoms with Crippen molar-refractivity contribution in [2.45, 2.75) is 16.2 Å². The summed E-state index contributed by atoms with van der Waals surface area (Å²) in [6.07, 6.45) is 0. The van der Waals surface area contributed by atoms with Gasteiger partial charge in [-0.25, -0.2) is 0 Å². The van der Waals surface area contributed by atoms with E-state index in [-0.39, 0.29) is 0 Å². The van der Waals surface area contributed by atoms with Gasteiger partial charge in [0.15, 0.2) is 4.34 Å². The highest BCUT2D eigenvalue weighted by atomic mass is 32.2. The minimum Gasteiger partial charge on any atom is -0.399 e. The molecule has 16 heavy (non-hydrogen) atoms. The van der Waals surface area contributed by atoms with Crippen molar-refractivity contribution < 1.29 is 0 Å². The molecule has 80 valence electrons. The molecule has 0 saturated carbocycles. The van der Waals surface area contributed by atoms with Crippen molar-refractivity contribution in [2.75, 3.05) is 5.73 Å². The van der Waals surface area contributed by atoms with Crippen molar-refractivity contribution in [1.29, 1.82) is 5.26 Å². The maximum atomic E-state index is 8.97. The number of anilines is 1. The molecule has 2 aromatic rings. The number of aryl methyl sites for hydroxylation is 1. The van der Waals surface area contributed by atoms with E-state index in [1.807, 2.05) is 13.0 Å². The molecule has 0 amide bonds. The molecule has 2 rings (SSSR count). The summed E-state index contributed by atoms with van der Waals surface area (Å²) in [6.45, 7) is 1.90. The predicted molar refractivity (Wildman–Crippen MR) is 64.3 cm³/mol. The van der Waals surface area contributed by atoms with E-state index in [1.54, 1.807) is 12.1 Å². The van der Waals surface area contributed by atoms with Gasteiger partial charge in [-0.2, -0.15) is 5.26 Å². The lowest BCUT2D eigenvalue weighted by atomic mass is 10.2. The van der Waals surface area contributed by atoms with Gasteiger partial charge in [-0.3, -0.25) is 0 Å². The summed E-state index contributed by atoms with van der Waals surface area (Å²) in [6, 6.07) is 7.39. The highest BCUT2D eigenvalue weighted by Gasteiger charge is 2.08. The first-order chi connectivity index (χ1) is 7.69. The first kappa shape index (κ1) is 10.9.